The van der Waals surface area contributed by atoms with Crippen molar-refractivity contribution in [2.24, 2.45) is 5.41 Å². The molecule has 0 amide bonds. The molecule has 0 radical (unpaired) electrons. The Morgan fingerprint density at radius 2 is 2.05 bits per heavy atom. The zero-order valence-electron chi connectivity index (χ0n) is 12.7. The minimum absolute atomic E-state index is 0.485. The zero-order chi connectivity index (χ0) is 15.5. The number of rotatable bonds is 7. The summed E-state index contributed by atoms with van der Waals surface area (Å²) in [4.78, 5) is 16.2. The van der Waals surface area contributed by atoms with Gasteiger partial charge in [0.2, 0.25) is 0 Å². The normalized spacial score (nSPS) is 11.8. The van der Waals surface area contributed by atoms with Crippen LogP contribution in [0.3, 0.4) is 0 Å². The molecule has 2 aromatic rings. The van der Waals surface area contributed by atoms with Gasteiger partial charge in [-0.15, -0.1) is 11.3 Å². The minimum atomic E-state index is -0.734. The second-order valence-corrected chi connectivity index (χ2v) is 6.25. The summed E-state index contributed by atoms with van der Waals surface area (Å²) < 4.78 is 6.53. The number of carboxylic acids is 1. The van der Waals surface area contributed by atoms with E-state index in [1.54, 1.807) is 11.3 Å². The molecule has 0 aliphatic rings. The van der Waals surface area contributed by atoms with Crippen LogP contribution in [0, 0.1) is 5.41 Å². The van der Waals surface area contributed by atoms with Crippen LogP contribution in [0.5, 0.6) is 5.75 Å². The van der Waals surface area contributed by atoms with Crippen LogP contribution in [0.2, 0.25) is 0 Å². The van der Waals surface area contributed by atoms with E-state index >= 15 is 0 Å². The SMILES string of the molecule is CCOc1ccc2nc(CC(CC)(CC)C(=O)O)sc2c1. The van der Waals surface area contributed by atoms with E-state index in [2.05, 4.69) is 4.98 Å². The fraction of sp³-hybridized carbons (Fsp3) is 0.500. The van der Waals surface area contributed by atoms with Crippen molar-refractivity contribution in [1.29, 1.82) is 0 Å². The van der Waals surface area contributed by atoms with Crippen molar-refractivity contribution in [2.75, 3.05) is 6.61 Å². The summed E-state index contributed by atoms with van der Waals surface area (Å²) in [5.74, 6) is 0.0949. The van der Waals surface area contributed by atoms with Gasteiger partial charge in [0.15, 0.2) is 0 Å². The molecule has 1 N–H and O–H groups in total. The predicted molar refractivity (Wildman–Crippen MR) is 85.1 cm³/mol. The van der Waals surface area contributed by atoms with Gasteiger partial charge in [-0.1, -0.05) is 13.8 Å². The first-order valence-corrected chi connectivity index (χ1v) is 8.12. The van der Waals surface area contributed by atoms with E-state index in [1.165, 1.54) is 0 Å². The molecule has 0 aliphatic carbocycles. The maximum absolute atomic E-state index is 11.6. The smallest absolute Gasteiger partial charge is 0.310 e. The lowest BCUT2D eigenvalue weighted by Gasteiger charge is -2.25. The molecular weight excluding hydrogens is 286 g/mol. The number of thiazole rings is 1. The Morgan fingerprint density at radius 1 is 1.33 bits per heavy atom. The highest BCUT2D eigenvalue weighted by Gasteiger charge is 2.36. The third kappa shape index (κ3) is 3.18. The molecule has 0 fully saturated rings. The highest BCUT2D eigenvalue weighted by Crippen LogP contribution is 2.35. The van der Waals surface area contributed by atoms with E-state index < -0.39 is 11.4 Å². The first-order chi connectivity index (χ1) is 10.0. The quantitative estimate of drug-likeness (QED) is 0.835. The number of carbonyl (C=O) groups is 1. The maximum atomic E-state index is 11.6. The number of hydrogen-bond acceptors (Lipinski definition) is 4. The summed E-state index contributed by atoms with van der Waals surface area (Å²) in [5, 5.41) is 10.4. The Kier molecular flexibility index (Phi) is 4.83. The topological polar surface area (TPSA) is 59.4 Å². The summed E-state index contributed by atoms with van der Waals surface area (Å²) in [6.45, 7) is 6.44. The van der Waals surface area contributed by atoms with Crippen LogP contribution >= 0.6 is 11.3 Å². The highest BCUT2D eigenvalue weighted by molar-refractivity contribution is 7.18. The number of fused-ring (bicyclic) bond motifs is 1. The van der Waals surface area contributed by atoms with Crippen molar-refractivity contribution in [2.45, 2.75) is 40.0 Å². The van der Waals surface area contributed by atoms with Gasteiger partial charge in [-0.3, -0.25) is 4.79 Å². The van der Waals surface area contributed by atoms with Crippen molar-refractivity contribution in [3.8, 4) is 5.75 Å². The summed E-state index contributed by atoms with van der Waals surface area (Å²) in [5.41, 5.74) is 0.196. The molecule has 114 valence electrons. The van der Waals surface area contributed by atoms with Crippen molar-refractivity contribution >= 4 is 27.5 Å². The van der Waals surface area contributed by atoms with Crippen LogP contribution in [0.1, 0.15) is 38.6 Å². The number of benzene rings is 1. The van der Waals surface area contributed by atoms with Crippen LogP contribution in [0.4, 0.5) is 0 Å². The molecule has 0 atom stereocenters. The number of ether oxygens (including phenoxy) is 1. The van der Waals surface area contributed by atoms with E-state index in [4.69, 9.17) is 4.74 Å². The van der Waals surface area contributed by atoms with Gasteiger partial charge in [-0.2, -0.15) is 0 Å². The lowest BCUT2D eigenvalue weighted by Crippen LogP contribution is -2.32. The van der Waals surface area contributed by atoms with Crippen molar-refractivity contribution in [3.63, 3.8) is 0 Å². The summed E-state index contributed by atoms with van der Waals surface area (Å²) >= 11 is 1.56. The molecule has 5 heteroatoms. The highest BCUT2D eigenvalue weighted by atomic mass is 32.1. The van der Waals surface area contributed by atoms with Crippen LogP contribution in [-0.4, -0.2) is 22.7 Å². The lowest BCUT2D eigenvalue weighted by atomic mass is 9.79. The Hall–Kier alpha value is -1.62. The Balaban J connectivity index is 2.32. The summed E-state index contributed by atoms with van der Waals surface area (Å²) in [7, 11) is 0. The first kappa shape index (κ1) is 15.8. The first-order valence-electron chi connectivity index (χ1n) is 7.30. The molecule has 4 nitrogen and oxygen atoms in total. The van der Waals surface area contributed by atoms with Crippen LogP contribution in [0.25, 0.3) is 10.2 Å². The van der Waals surface area contributed by atoms with E-state index in [0.29, 0.717) is 25.9 Å². The van der Waals surface area contributed by atoms with Gasteiger partial charge in [0, 0.05) is 6.42 Å². The monoisotopic (exact) mass is 307 g/mol. The lowest BCUT2D eigenvalue weighted by molar-refractivity contribution is -0.149. The van der Waals surface area contributed by atoms with Crippen LogP contribution in [-0.2, 0) is 11.2 Å². The second-order valence-electron chi connectivity index (χ2n) is 5.14. The van der Waals surface area contributed by atoms with E-state index in [-0.39, 0.29) is 0 Å². The van der Waals surface area contributed by atoms with Gasteiger partial charge < -0.3 is 9.84 Å². The van der Waals surface area contributed by atoms with Gasteiger partial charge in [0.1, 0.15) is 5.75 Å². The average molecular weight is 307 g/mol. The molecule has 0 bridgehead atoms. The predicted octanol–water partition coefficient (Wildman–Crippen LogP) is 4.13. The fourth-order valence-corrected chi connectivity index (χ4v) is 3.59. The number of carboxylic acid groups (broad SMARTS) is 1. The van der Waals surface area contributed by atoms with Gasteiger partial charge in [-0.25, -0.2) is 4.98 Å². The standard InChI is InChI=1S/C16H21NO3S/c1-4-16(5-2,15(18)19)10-14-17-12-8-7-11(20-6-3)9-13(12)21-14/h7-9H,4-6,10H2,1-3H3,(H,18,19). The Morgan fingerprint density at radius 3 is 2.62 bits per heavy atom. The maximum Gasteiger partial charge on any atom is 0.310 e. The van der Waals surface area contributed by atoms with Crippen LogP contribution in [0.15, 0.2) is 18.2 Å². The molecule has 0 saturated carbocycles. The molecule has 21 heavy (non-hydrogen) atoms. The van der Waals surface area contributed by atoms with E-state index in [0.717, 1.165) is 21.0 Å². The van der Waals surface area contributed by atoms with E-state index in [1.807, 2.05) is 39.0 Å². The third-order valence-corrected chi connectivity index (χ3v) is 5.03. The fourth-order valence-electron chi connectivity index (χ4n) is 2.45. The Labute approximate surface area is 128 Å². The van der Waals surface area contributed by atoms with E-state index in [9.17, 15) is 9.90 Å². The molecule has 2 rings (SSSR count). The number of nitrogens with zero attached hydrogens (tertiary/aromatic N) is 1. The molecule has 0 spiro atoms. The zero-order valence-corrected chi connectivity index (χ0v) is 13.5. The van der Waals surface area contributed by atoms with Gasteiger partial charge >= 0.3 is 5.97 Å². The molecule has 1 aromatic heterocycles. The van der Waals surface area contributed by atoms with Gasteiger partial charge in [0.05, 0.1) is 27.2 Å². The molecular formula is C16H21NO3S. The second kappa shape index (κ2) is 6.43. The van der Waals surface area contributed by atoms with Gasteiger partial charge in [0.25, 0.3) is 0 Å². The van der Waals surface area contributed by atoms with Crippen molar-refractivity contribution in [1.82, 2.24) is 4.98 Å². The van der Waals surface area contributed by atoms with Crippen molar-refractivity contribution in [3.05, 3.63) is 23.2 Å². The van der Waals surface area contributed by atoms with Crippen molar-refractivity contribution < 1.29 is 14.6 Å². The minimum Gasteiger partial charge on any atom is -0.494 e. The van der Waals surface area contributed by atoms with Gasteiger partial charge in [-0.05, 0) is 38.0 Å². The average Bonchev–Trinajstić information content (AvgIpc) is 2.86. The summed E-state index contributed by atoms with van der Waals surface area (Å²) in [6.07, 6.45) is 1.70. The third-order valence-electron chi connectivity index (χ3n) is 4.01. The number of aromatic nitrogens is 1. The molecule has 0 aliphatic heterocycles. The largest absolute Gasteiger partial charge is 0.494 e. The summed E-state index contributed by atoms with van der Waals surface area (Å²) in [6, 6.07) is 5.81. The number of hydrogen-bond donors (Lipinski definition) is 1. The van der Waals surface area contributed by atoms with Crippen LogP contribution < -0.4 is 4.74 Å². The number of aliphatic carboxylic acids is 1. The molecule has 1 aromatic carbocycles. The molecule has 1 heterocycles. The Bertz CT molecular complexity index is 631. The molecule has 0 unspecified atom stereocenters. The molecule has 0 saturated heterocycles.